The number of esters is 1. The zero-order valence-electron chi connectivity index (χ0n) is 19.1. The van der Waals surface area contributed by atoms with Gasteiger partial charge in [-0.25, -0.2) is 9.97 Å². The zero-order chi connectivity index (χ0) is 22.4. The van der Waals surface area contributed by atoms with Crippen molar-refractivity contribution in [1.29, 1.82) is 0 Å². The van der Waals surface area contributed by atoms with Crippen molar-refractivity contribution in [3.63, 3.8) is 0 Å². The van der Waals surface area contributed by atoms with Crippen LogP contribution < -0.4 is 10.8 Å². The van der Waals surface area contributed by atoms with E-state index < -0.39 is 7.12 Å². The number of hydrogen-bond acceptors (Lipinski definition) is 7. The third kappa shape index (κ3) is 6.05. The van der Waals surface area contributed by atoms with Crippen LogP contribution in [-0.2, 0) is 25.3 Å². The van der Waals surface area contributed by atoms with Crippen molar-refractivity contribution in [2.45, 2.75) is 52.9 Å². The summed E-state index contributed by atoms with van der Waals surface area (Å²) >= 11 is 0. The maximum Gasteiger partial charge on any atom is 0.496 e. The van der Waals surface area contributed by atoms with Crippen molar-refractivity contribution >= 4 is 29.9 Å². The molecule has 1 aromatic heterocycles. The average Bonchev–Trinajstić information content (AvgIpc) is 2.78. The predicted octanol–water partition coefficient (Wildman–Crippen LogP) is 3.61. The molecule has 2 heterocycles. The topological polar surface area (TPSA) is 82.6 Å². The van der Waals surface area contributed by atoms with E-state index in [1.54, 1.807) is 12.4 Å². The summed E-state index contributed by atoms with van der Waals surface area (Å²) in [6.07, 6.45) is 5.50. The summed E-state index contributed by atoms with van der Waals surface area (Å²) in [4.78, 5) is 20.6. The highest BCUT2D eigenvalue weighted by atomic mass is 16.6. The van der Waals surface area contributed by atoms with Gasteiger partial charge in [-0.3, -0.25) is 4.79 Å². The summed E-state index contributed by atoms with van der Waals surface area (Å²) in [5, 5.41) is 3.43. The van der Waals surface area contributed by atoms with Crippen molar-refractivity contribution in [3.05, 3.63) is 42.0 Å². The van der Waals surface area contributed by atoms with Crippen LogP contribution in [0.5, 0.6) is 0 Å². The van der Waals surface area contributed by atoms with Crippen LogP contribution in [0, 0.1) is 5.41 Å². The standard InChI is InChI=1S/C23H32BN3O4/c1-6-16(11-22(28)29-5)17-8-9-19(24-30-14-23(3,4)15-31-24)20(10-17)27-18-12-25-21(7-2)26-13-18/h8-10,12-13,16,27H,6-7,11,14-15H2,1-5H3. The number of methoxy groups -OCH3 is 1. The third-order valence-corrected chi connectivity index (χ3v) is 5.49. The minimum atomic E-state index is -0.457. The second kappa shape index (κ2) is 10.2. The molecule has 0 amide bonds. The molecular formula is C23H32BN3O4. The molecule has 0 radical (unpaired) electrons. The Morgan fingerprint density at radius 1 is 1.23 bits per heavy atom. The Kier molecular flexibility index (Phi) is 7.67. The summed E-state index contributed by atoms with van der Waals surface area (Å²) in [6.45, 7) is 9.57. The molecule has 1 aliphatic rings. The smallest absolute Gasteiger partial charge is 0.469 e. The molecule has 0 spiro atoms. The first-order chi connectivity index (χ1) is 14.8. The Labute approximate surface area is 185 Å². The molecule has 1 saturated heterocycles. The first-order valence-electron chi connectivity index (χ1n) is 10.9. The highest BCUT2D eigenvalue weighted by Gasteiger charge is 2.35. The van der Waals surface area contributed by atoms with Gasteiger partial charge in [0.05, 0.1) is 31.6 Å². The number of nitrogens with zero attached hydrogens (tertiary/aromatic N) is 2. The Bertz CT molecular complexity index is 879. The van der Waals surface area contributed by atoms with Crippen LogP contribution in [-0.4, -0.2) is 43.4 Å². The van der Waals surface area contributed by atoms with Gasteiger partial charge < -0.3 is 19.4 Å². The molecule has 8 heteroatoms. The molecule has 0 aliphatic carbocycles. The molecule has 3 rings (SSSR count). The van der Waals surface area contributed by atoms with Crippen LogP contribution >= 0.6 is 0 Å². The fourth-order valence-electron chi connectivity index (χ4n) is 3.55. The largest absolute Gasteiger partial charge is 0.496 e. The number of ether oxygens (including phenoxy) is 1. The minimum absolute atomic E-state index is 0.0122. The van der Waals surface area contributed by atoms with Crippen LogP contribution in [0.3, 0.4) is 0 Å². The van der Waals surface area contributed by atoms with E-state index in [9.17, 15) is 4.79 Å². The fraction of sp³-hybridized carbons (Fsp3) is 0.522. The summed E-state index contributed by atoms with van der Waals surface area (Å²) in [5.41, 5.74) is 3.60. The normalized spacial score (nSPS) is 16.6. The van der Waals surface area contributed by atoms with Gasteiger partial charge in [-0.15, -0.1) is 0 Å². The second-order valence-corrected chi connectivity index (χ2v) is 8.72. The van der Waals surface area contributed by atoms with Crippen molar-refractivity contribution in [2.24, 2.45) is 5.41 Å². The van der Waals surface area contributed by atoms with Gasteiger partial charge in [0, 0.05) is 36.2 Å². The third-order valence-electron chi connectivity index (χ3n) is 5.49. The molecule has 0 saturated carbocycles. The van der Waals surface area contributed by atoms with Crippen LogP contribution in [0.4, 0.5) is 11.4 Å². The lowest BCUT2D eigenvalue weighted by molar-refractivity contribution is -0.141. The van der Waals surface area contributed by atoms with Gasteiger partial charge in [-0.1, -0.05) is 39.8 Å². The number of aryl methyl sites for hydroxylation is 1. The number of hydrogen-bond donors (Lipinski definition) is 1. The lowest BCUT2D eigenvalue weighted by Gasteiger charge is -2.33. The minimum Gasteiger partial charge on any atom is -0.469 e. The molecule has 1 unspecified atom stereocenters. The molecule has 1 N–H and O–H groups in total. The summed E-state index contributed by atoms with van der Waals surface area (Å²) in [5.74, 6) is 0.646. The van der Waals surface area contributed by atoms with Crippen molar-refractivity contribution in [2.75, 3.05) is 25.6 Å². The number of anilines is 2. The van der Waals surface area contributed by atoms with Crippen molar-refractivity contribution in [3.8, 4) is 0 Å². The number of nitrogens with one attached hydrogen (secondary N) is 1. The predicted molar refractivity (Wildman–Crippen MR) is 122 cm³/mol. The number of rotatable bonds is 8. The number of benzene rings is 1. The number of carbonyl (C=O) groups is 1. The van der Waals surface area contributed by atoms with Gasteiger partial charge in [-0.05, 0) is 24.0 Å². The molecule has 166 valence electrons. The highest BCUT2D eigenvalue weighted by molar-refractivity contribution is 6.63. The number of aromatic nitrogens is 2. The summed E-state index contributed by atoms with van der Waals surface area (Å²) in [6, 6.07) is 6.12. The first kappa shape index (κ1) is 23.2. The molecular weight excluding hydrogens is 393 g/mol. The van der Waals surface area contributed by atoms with Gasteiger partial charge in [0.2, 0.25) is 0 Å². The Morgan fingerprint density at radius 3 is 2.48 bits per heavy atom. The van der Waals surface area contributed by atoms with Gasteiger partial charge >= 0.3 is 13.1 Å². The monoisotopic (exact) mass is 425 g/mol. The van der Waals surface area contributed by atoms with Gasteiger partial charge in [0.1, 0.15) is 5.82 Å². The van der Waals surface area contributed by atoms with E-state index in [0.29, 0.717) is 19.6 Å². The van der Waals surface area contributed by atoms with Gasteiger partial charge in [-0.2, -0.15) is 0 Å². The van der Waals surface area contributed by atoms with Crippen molar-refractivity contribution < 1.29 is 18.8 Å². The van der Waals surface area contributed by atoms with Crippen LogP contribution in [0.1, 0.15) is 57.8 Å². The van der Waals surface area contributed by atoms with E-state index in [1.807, 2.05) is 19.1 Å². The zero-order valence-corrected chi connectivity index (χ0v) is 19.1. The lowest BCUT2D eigenvalue weighted by atomic mass is 9.74. The number of carbonyl (C=O) groups excluding carboxylic acids is 1. The molecule has 0 bridgehead atoms. The molecule has 1 atom stereocenters. The summed E-state index contributed by atoms with van der Waals surface area (Å²) < 4.78 is 16.9. The molecule has 7 nitrogen and oxygen atoms in total. The van der Waals surface area contributed by atoms with E-state index in [2.05, 4.69) is 42.1 Å². The quantitative estimate of drug-likeness (QED) is 0.511. The molecule has 31 heavy (non-hydrogen) atoms. The average molecular weight is 425 g/mol. The molecule has 1 fully saturated rings. The second-order valence-electron chi connectivity index (χ2n) is 8.72. The first-order valence-corrected chi connectivity index (χ1v) is 10.9. The fourth-order valence-corrected chi connectivity index (χ4v) is 3.55. The SMILES string of the molecule is CCc1ncc(Nc2cc(C(CC)CC(=O)OC)ccc2B2OCC(C)(C)CO2)cn1. The highest BCUT2D eigenvalue weighted by Crippen LogP contribution is 2.28. The van der Waals surface area contributed by atoms with Crippen LogP contribution in [0.25, 0.3) is 0 Å². The maximum absolute atomic E-state index is 11.9. The molecule has 2 aromatic rings. The lowest BCUT2D eigenvalue weighted by Crippen LogP contribution is -2.48. The van der Waals surface area contributed by atoms with Crippen LogP contribution in [0.2, 0.25) is 0 Å². The summed E-state index contributed by atoms with van der Waals surface area (Å²) in [7, 11) is 0.964. The van der Waals surface area contributed by atoms with E-state index in [-0.39, 0.29) is 17.3 Å². The van der Waals surface area contributed by atoms with Gasteiger partial charge in [0.25, 0.3) is 0 Å². The van der Waals surface area contributed by atoms with E-state index in [1.165, 1.54) is 7.11 Å². The Hall–Kier alpha value is -2.45. The Morgan fingerprint density at radius 2 is 1.90 bits per heavy atom. The maximum atomic E-state index is 11.9. The van der Waals surface area contributed by atoms with Crippen LogP contribution in [0.15, 0.2) is 30.6 Å². The van der Waals surface area contributed by atoms with E-state index >= 15 is 0 Å². The van der Waals surface area contributed by atoms with Crippen molar-refractivity contribution in [1.82, 2.24) is 9.97 Å². The molecule has 1 aliphatic heterocycles. The van der Waals surface area contributed by atoms with E-state index in [0.717, 1.165) is 41.1 Å². The molecule has 1 aromatic carbocycles. The van der Waals surface area contributed by atoms with Gasteiger partial charge in [0.15, 0.2) is 0 Å². The van der Waals surface area contributed by atoms with E-state index in [4.69, 9.17) is 14.0 Å². The Balaban J connectivity index is 1.92.